The van der Waals surface area contributed by atoms with Gasteiger partial charge in [-0.25, -0.2) is 13.2 Å². The van der Waals surface area contributed by atoms with Gasteiger partial charge in [0.1, 0.15) is 4.90 Å². The molecule has 0 aliphatic carbocycles. The Morgan fingerprint density at radius 3 is 2.50 bits per heavy atom. The number of methoxy groups -OCH3 is 1. The van der Waals surface area contributed by atoms with E-state index in [2.05, 4.69) is 4.74 Å². The summed E-state index contributed by atoms with van der Waals surface area (Å²) >= 11 is 0. The van der Waals surface area contributed by atoms with Crippen molar-refractivity contribution in [3.8, 4) is 0 Å². The lowest BCUT2D eigenvalue weighted by Crippen LogP contribution is -2.36. The summed E-state index contributed by atoms with van der Waals surface area (Å²) in [5, 5.41) is 0. The molecule has 84 valence electrons. The second-order valence-electron chi connectivity index (χ2n) is 3.04. The number of imide groups is 1. The van der Waals surface area contributed by atoms with Crippen LogP contribution in [-0.2, 0) is 14.8 Å². The van der Waals surface area contributed by atoms with E-state index in [-0.39, 0.29) is 14.8 Å². The summed E-state index contributed by atoms with van der Waals surface area (Å²) in [4.78, 5) is 22.7. The molecule has 2 amide bonds. The first-order valence-electron chi connectivity index (χ1n) is 4.27. The Morgan fingerprint density at radius 2 is 1.94 bits per heavy atom. The number of ether oxygens (including phenoxy) is 1. The van der Waals surface area contributed by atoms with Crippen LogP contribution in [0.1, 0.15) is 10.4 Å². The lowest BCUT2D eigenvalue weighted by molar-refractivity contribution is 0.0838. The minimum atomic E-state index is -4.10. The quantitative estimate of drug-likeness (QED) is 0.664. The van der Waals surface area contributed by atoms with E-state index in [1.165, 1.54) is 24.3 Å². The number of nitrogens with zero attached hydrogens (tertiary/aromatic N) is 1. The number of hydrogen-bond donors (Lipinski definition) is 0. The van der Waals surface area contributed by atoms with Crippen LogP contribution in [-0.4, -0.2) is 31.8 Å². The molecule has 0 saturated carbocycles. The standard InChI is InChI=1S/C9H7NO5S/c1-15-9(12)10-8(11)6-4-2-3-5-7(6)16(10,13)14/h2-5H,1H3. The summed E-state index contributed by atoms with van der Waals surface area (Å²) in [6, 6.07) is 5.61. The van der Waals surface area contributed by atoms with E-state index in [4.69, 9.17) is 0 Å². The zero-order chi connectivity index (χ0) is 11.9. The fourth-order valence-corrected chi connectivity index (χ4v) is 2.92. The van der Waals surface area contributed by atoms with Crippen LogP contribution in [0.3, 0.4) is 0 Å². The lowest BCUT2D eigenvalue weighted by atomic mass is 10.2. The molecule has 2 rings (SSSR count). The fraction of sp³-hybridized carbons (Fsp3) is 0.111. The summed E-state index contributed by atoms with van der Waals surface area (Å²) in [7, 11) is -3.09. The van der Waals surface area contributed by atoms with Gasteiger partial charge in [0.2, 0.25) is 0 Å². The Hall–Kier alpha value is -1.89. The molecule has 0 bridgehead atoms. The van der Waals surface area contributed by atoms with Crippen molar-refractivity contribution in [2.24, 2.45) is 0 Å². The van der Waals surface area contributed by atoms with Gasteiger partial charge < -0.3 is 4.74 Å². The van der Waals surface area contributed by atoms with Gasteiger partial charge in [0.25, 0.3) is 15.9 Å². The third-order valence-corrected chi connectivity index (χ3v) is 3.87. The van der Waals surface area contributed by atoms with Gasteiger partial charge in [-0.2, -0.15) is 0 Å². The minimum absolute atomic E-state index is 0.0205. The molecule has 0 saturated heterocycles. The number of rotatable bonds is 0. The number of carbonyl (C=O) groups excluding carboxylic acids is 2. The fourth-order valence-electron chi connectivity index (χ4n) is 1.45. The maximum Gasteiger partial charge on any atom is 0.431 e. The molecule has 0 radical (unpaired) electrons. The van der Waals surface area contributed by atoms with E-state index in [1.807, 2.05) is 0 Å². The molecule has 1 aromatic rings. The smallest absolute Gasteiger partial charge is 0.431 e. The van der Waals surface area contributed by atoms with E-state index >= 15 is 0 Å². The van der Waals surface area contributed by atoms with Crippen molar-refractivity contribution in [3.63, 3.8) is 0 Å². The molecule has 1 aliphatic heterocycles. The molecule has 1 aliphatic rings. The van der Waals surface area contributed by atoms with Crippen molar-refractivity contribution in [3.05, 3.63) is 29.8 Å². The zero-order valence-corrected chi connectivity index (χ0v) is 9.02. The molecule has 0 atom stereocenters. The summed E-state index contributed by atoms with van der Waals surface area (Å²) < 4.78 is 28.0. The number of carbonyl (C=O) groups is 2. The number of amides is 2. The predicted octanol–water partition coefficient (Wildman–Crippen LogP) is 0.598. The molecule has 7 heteroatoms. The van der Waals surface area contributed by atoms with Gasteiger partial charge in [-0.05, 0) is 12.1 Å². The predicted molar refractivity (Wildman–Crippen MR) is 52.2 cm³/mol. The summed E-state index contributed by atoms with van der Waals surface area (Å²) in [6.45, 7) is 0. The molecular weight excluding hydrogens is 234 g/mol. The summed E-state index contributed by atoms with van der Waals surface area (Å²) in [5.74, 6) is -0.887. The van der Waals surface area contributed by atoms with Gasteiger partial charge in [0, 0.05) is 0 Å². The lowest BCUT2D eigenvalue weighted by Gasteiger charge is -2.10. The Labute approximate surface area is 91.5 Å². The molecule has 0 spiro atoms. The van der Waals surface area contributed by atoms with Crippen molar-refractivity contribution in [2.75, 3.05) is 7.11 Å². The monoisotopic (exact) mass is 241 g/mol. The summed E-state index contributed by atoms with van der Waals surface area (Å²) in [6.07, 6.45) is -1.21. The number of fused-ring (bicyclic) bond motifs is 1. The first-order chi connectivity index (χ1) is 7.50. The van der Waals surface area contributed by atoms with E-state index in [0.717, 1.165) is 7.11 Å². The minimum Gasteiger partial charge on any atom is -0.452 e. The highest BCUT2D eigenvalue weighted by Crippen LogP contribution is 2.30. The maximum atomic E-state index is 11.8. The van der Waals surface area contributed by atoms with Crippen LogP contribution >= 0.6 is 0 Å². The Morgan fingerprint density at radius 1 is 1.31 bits per heavy atom. The second kappa shape index (κ2) is 3.31. The van der Waals surface area contributed by atoms with E-state index in [1.54, 1.807) is 0 Å². The van der Waals surface area contributed by atoms with Crippen LogP contribution < -0.4 is 0 Å². The highest BCUT2D eigenvalue weighted by Gasteiger charge is 2.45. The average molecular weight is 241 g/mol. The molecule has 0 aromatic heterocycles. The Bertz CT molecular complexity index is 577. The second-order valence-corrected chi connectivity index (χ2v) is 4.80. The third-order valence-electron chi connectivity index (χ3n) is 2.16. The van der Waals surface area contributed by atoms with Crippen LogP contribution in [0.15, 0.2) is 29.2 Å². The first kappa shape index (κ1) is 10.6. The van der Waals surface area contributed by atoms with Crippen LogP contribution in [0.25, 0.3) is 0 Å². The summed E-state index contributed by atoms with van der Waals surface area (Å²) in [5.41, 5.74) is -0.0205. The molecule has 0 unspecified atom stereocenters. The first-order valence-corrected chi connectivity index (χ1v) is 5.71. The molecule has 0 fully saturated rings. The van der Waals surface area contributed by atoms with Crippen molar-refractivity contribution < 1.29 is 22.7 Å². The Kier molecular flexibility index (Phi) is 2.20. The van der Waals surface area contributed by atoms with Gasteiger partial charge in [-0.15, -0.1) is 4.31 Å². The van der Waals surface area contributed by atoms with E-state index in [0.29, 0.717) is 0 Å². The normalized spacial score (nSPS) is 17.1. The van der Waals surface area contributed by atoms with Crippen LogP contribution in [0.4, 0.5) is 4.79 Å². The molecular formula is C9H7NO5S. The van der Waals surface area contributed by atoms with E-state index < -0.39 is 22.0 Å². The van der Waals surface area contributed by atoms with Gasteiger partial charge in [0.15, 0.2) is 0 Å². The molecule has 0 N–H and O–H groups in total. The average Bonchev–Trinajstić information content (AvgIpc) is 2.47. The van der Waals surface area contributed by atoms with Gasteiger partial charge >= 0.3 is 6.09 Å². The molecule has 6 nitrogen and oxygen atoms in total. The highest BCUT2D eigenvalue weighted by atomic mass is 32.2. The van der Waals surface area contributed by atoms with Crippen molar-refractivity contribution in [1.82, 2.24) is 4.31 Å². The van der Waals surface area contributed by atoms with Crippen molar-refractivity contribution in [2.45, 2.75) is 4.90 Å². The van der Waals surface area contributed by atoms with Crippen molar-refractivity contribution >= 4 is 22.0 Å². The largest absolute Gasteiger partial charge is 0.452 e. The molecule has 1 aromatic carbocycles. The number of benzene rings is 1. The van der Waals surface area contributed by atoms with Gasteiger partial charge in [-0.1, -0.05) is 12.1 Å². The topological polar surface area (TPSA) is 80.8 Å². The molecule has 16 heavy (non-hydrogen) atoms. The highest BCUT2D eigenvalue weighted by molar-refractivity contribution is 7.90. The maximum absolute atomic E-state index is 11.8. The third kappa shape index (κ3) is 1.21. The zero-order valence-electron chi connectivity index (χ0n) is 8.21. The van der Waals surface area contributed by atoms with Crippen LogP contribution in [0, 0.1) is 0 Å². The van der Waals surface area contributed by atoms with Crippen molar-refractivity contribution in [1.29, 1.82) is 0 Å². The van der Waals surface area contributed by atoms with Gasteiger partial charge in [-0.3, -0.25) is 4.79 Å². The Balaban J connectivity index is 2.67. The number of hydrogen-bond acceptors (Lipinski definition) is 5. The van der Waals surface area contributed by atoms with Crippen LogP contribution in [0.2, 0.25) is 0 Å². The van der Waals surface area contributed by atoms with E-state index in [9.17, 15) is 18.0 Å². The SMILES string of the molecule is COC(=O)N1C(=O)c2ccccc2S1(=O)=O. The number of sulfonamides is 1. The van der Waals surface area contributed by atoms with Crippen LogP contribution in [0.5, 0.6) is 0 Å². The molecule has 1 heterocycles. The van der Waals surface area contributed by atoms with Gasteiger partial charge in [0.05, 0.1) is 12.7 Å².